The lowest BCUT2D eigenvalue weighted by molar-refractivity contribution is -0.0725. The molecule has 5 nitrogen and oxygen atoms in total. The molecule has 0 amide bonds. The first-order chi connectivity index (χ1) is 12.6. The molecule has 0 saturated carbocycles. The Morgan fingerprint density at radius 3 is 2.50 bits per heavy atom. The fourth-order valence-corrected chi connectivity index (χ4v) is 4.54. The SMILES string of the molecule is C[C@@H]1CN(C[C@@H]2CN(c3ccc4ccccc4n3)C[C@@H]2CO)C[C@H](C)O1. The third-order valence-corrected chi connectivity index (χ3v) is 5.71. The van der Waals surface area contributed by atoms with Crippen LogP contribution in [0.3, 0.4) is 0 Å². The molecule has 3 heterocycles. The van der Waals surface area contributed by atoms with E-state index < -0.39 is 0 Å². The van der Waals surface area contributed by atoms with Crippen molar-refractivity contribution in [3.05, 3.63) is 36.4 Å². The summed E-state index contributed by atoms with van der Waals surface area (Å²) in [6.07, 6.45) is 0.567. The Labute approximate surface area is 155 Å². The van der Waals surface area contributed by atoms with Gasteiger partial charge >= 0.3 is 0 Å². The van der Waals surface area contributed by atoms with Crippen LogP contribution in [0.5, 0.6) is 0 Å². The summed E-state index contributed by atoms with van der Waals surface area (Å²) < 4.78 is 5.85. The minimum absolute atomic E-state index is 0.240. The predicted molar refractivity (Wildman–Crippen MR) is 104 cm³/mol. The normalized spacial score (nSPS) is 30.2. The van der Waals surface area contributed by atoms with Crippen molar-refractivity contribution in [2.45, 2.75) is 26.1 Å². The number of para-hydroxylation sites is 1. The van der Waals surface area contributed by atoms with Crippen molar-refractivity contribution < 1.29 is 9.84 Å². The summed E-state index contributed by atoms with van der Waals surface area (Å²) in [5.74, 6) is 1.79. The van der Waals surface area contributed by atoms with Crippen LogP contribution in [0.15, 0.2) is 36.4 Å². The highest BCUT2D eigenvalue weighted by molar-refractivity contribution is 5.80. The minimum atomic E-state index is 0.240. The van der Waals surface area contributed by atoms with Gasteiger partial charge in [0.2, 0.25) is 0 Å². The van der Waals surface area contributed by atoms with Crippen molar-refractivity contribution in [3.8, 4) is 0 Å². The molecule has 140 valence electrons. The van der Waals surface area contributed by atoms with Crippen LogP contribution in [0, 0.1) is 11.8 Å². The van der Waals surface area contributed by atoms with Gasteiger partial charge < -0.3 is 14.7 Å². The molecule has 1 aromatic heterocycles. The number of benzene rings is 1. The minimum Gasteiger partial charge on any atom is -0.396 e. The number of aliphatic hydroxyl groups excluding tert-OH is 1. The number of rotatable bonds is 4. The van der Waals surface area contributed by atoms with E-state index in [1.54, 1.807) is 0 Å². The van der Waals surface area contributed by atoms with Gasteiger partial charge in [0.05, 0.1) is 17.7 Å². The molecule has 1 aromatic carbocycles. The number of ether oxygens (including phenoxy) is 1. The fraction of sp³-hybridized carbons (Fsp3) is 0.571. The smallest absolute Gasteiger partial charge is 0.129 e. The standard InChI is InChI=1S/C21H29N3O2/c1-15-9-23(10-16(2)26-15)11-18-12-24(13-19(18)14-25)21-8-7-17-5-3-4-6-20(17)22-21/h3-8,15-16,18-19,25H,9-14H2,1-2H3/t15-,16+,18-,19-/m1/s1. The molecule has 0 unspecified atom stereocenters. The maximum absolute atomic E-state index is 9.92. The molecule has 0 radical (unpaired) electrons. The number of pyridine rings is 1. The Kier molecular flexibility index (Phi) is 5.11. The fourth-order valence-electron chi connectivity index (χ4n) is 4.54. The molecule has 0 bridgehead atoms. The van der Waals surface area contributed by atoms with Crippen LogP contribution in [0.4, 0.5) is 5.82 Å². The number of anilines is 1. The van der Waals surface area contributed by atoms with Crippen molar-refractivity contribution in [1.29, 1.82) is 0 Å². The van der Waals surface area contributed by atoms with E-state index in [-0.39, 0.29) is 18.8 Å². The number of fused-ring (bicyclic) bond motifs is 1. The molecule has 2 fully saturated rings. The van der Waals surface area contributed by atoms with Crippen LogP contribution in [-0.4, -0.2) is 66.5 Å². The van der Waals surface area contributed by atoms with Crippen molar-refractivity contribution in [2.24, 2.45) is 11.8 Å². The Morgan fingerprint density at radius 1 is 1.00 bits per heavy atom. The van der Waals surface area contributed by atoms with Gasteiger partial charge in [0.25, 0.3) is 0 Å². The molecule has 0 aliphatic carbocycles. The van der Waals surface area contributed by atoms with E-state index in [2.05, 4.69) is 47.9 Å². The van der Waals surface area contributed by atoms with Crippen molar-refractivity contribution >= 4 is 16.7 Å². The lowest BCUT2D eigenvalue weighted by Crippen LogP contribution is -2.48. The zero-order chi connectivity index (χ0) is 18.1. The van der Waals surface area contributed by atoms with Gasteiger partial charge in [0.1, 0.15) is 5.82 Å². The van der Waals surface area contributed by atoms with Gasteiger partial charge in [-0.25, -0.2) is 4.98 Å². The summed E-state index contributed by atoms with van der Waals surface area (Å²) in [6.45, 7) is 9.34. The number of morpholine rings is 1. The van der Waals surface area contributed by atoms with E-state index in [9.17, 15) is 5.11 Å². The third-order valence-electron chi connectivity index (χ3n) is 5.71. The number of hydrogen-bond acceptors (Lipinski definition) is 5. The molecule has 2 aromatic rings. The van der Waals surface area contributed by atoms with Gasteiger partial charge in [-0.2, -0.15) is 0 Å². The summed E-state index contributed by atoms with van der Waals surface area (Å²) in [5, 5.41) is 11.1. The molecule has 4 rings (SSSR count). The second-order valence-corrected chi connectivity index (χ2v) is 7.95. The van der Waals surface area contributed by atoms with E-state index in [4.69, 9.17) is 9.72 Å². The van der Waals surface area contributed by atoms with Gasteiger partial charge in [0, 0.05) is 50.6 Å². The lowest BCUT2D eigenvalue weighted by Gasteiger charge is -2.37. The maximum atomic E-state index is 9.92. The van der Waals surface area contributed by atoms with Crippen molar-refractivity contribution in [3.63, 3.8) is 0 Å². The third kappa shape index (κ3) is 3.70. The first-order valence-electron chi connectivity index (χ1n) is 9.72. The van der Waals surface area contributed by atoms with E-state index >= 15 is 0 Å². The molecule has 5 heteroatoms. The Morgan fingerprint density at radius 2 is 1.73 bits per heavy atom. The average Bonchev–Trinajstić information content (AvgIpc) is 3.03. The molecule has 2 saturated heterocycles. The van der Waals surface area contributed by atoms with Crippen LogP contribution < -0.4 is 4.90 Å². The quantitative estimate of drug-likeness (QED) is 0.913. The molecule has 2 aliphatic rings. The van der Waals surface area contributed by atoms with Gasteiger partial charge in [-0.3, -0.25) is 4.90 Å². The molecular weight excluding hydrogens is 326 g/mol. The number of hydrogen-bond donors (Lipinski definition) is 1. The number of nitrogens with zero attached hydrogens (tertiary/aromatic N) is 3. The summed E-state index contributed by atoms with van der Waals surface area (Å²) in [6, 6.07) is 12.5. The Hall–Kier alpha value is -1.69. The molecule has 4 atom stereocenters. The second kappa shape index (κ2) is 7.51. The first-order valence-corrected chi connectivity index (χ1v) is 9.72. The van der Waals surface area contributed by atoms with Gasteiger partial charge in [-0.05, 0) is 38.0 Å². The van der Waals surface area contributed by atoms with Crippen LogP contribution in [0.1, 0.15) is 13.8 Å². The Bertz CT molecular complexity index is 743. The van der Waals surface area contributed by atoms with Crippen molar-refractivity contribution in [1.82, 2.24) is 9.88 Å². The summed E-state index contributed by atoms with van der Waals surface area (Å²) in [7, 11) is 0. The molecule has 1 N–H and O–H groups in total. The van der Waals surface area contributed by atoms with Gasteiger partial charge in [-0.15, -0.1) is 0 Å². The zero-order valence-corrected chi connectivity index (χ0v) is 15.7. The molecule has 2 aliphatic heterocycles. The topological polar surface area (TPSA) is 48.8 Å². The maximum Gasteiger partial charge on any atom is 0.129 e. The molecule has 0 spiro atoms. The number of aromatic nitrogens is 1. The largest absolute Gasteiger partial charge is 0.396 e. The first kappa shape index (κ1) is 17.7. The van der Waals surface area contributed by atoms with E-state index in [0.29, 0.717) is 11.8 Å². The lowest BCUT2D eigenvalue weighted by atomic mass is 9.96. The highest BCUT2D eigenvalue weighted by Gasteiger charge is 2.35. The zero-order valence-electron chi connectivity index (χ0n) is 15.7. The highest BCUT2D eigenvalue weighted by Crippen LogP contribution is 2.29. The molecule has 26 heavy (non-hydrogen) atoms. The van der Waals surface area contributed by atoms with Crippen LogP contribution in [-0.2, 0) is 4.74 Å². The summed E-state index contributed by atoms with van der Waals surface area (Å²) >= 11 is 0. The second-order valence-electron chi connectivity index (χ2n) is 7.95. The monoisotopic (exact) mass is 355 g/mol. The Balaban J connectivity index is 1.47. The highest BCUT2D eigenvalue weighted by atomic mass is 16.5. The average molecular weight is 355 g/mol. The summed E-state index contributed by atoms with van der Waals surface area (Å²) in [4.78, 5) is 9.68. The summed E-state index contributed by atoms with van der Waals surface area (Å²) in [5.41, 5.74) is 1.03. The van der Waals surface area contributed by atoms with Crippen molar-refractivity contribution in [2.75, 3.05) is 44.2 Å². The van der Waals surface area contributed by atoms with E-state index in [1.165, 1.54) is 5.39 Å². The van der Waals surface area contributed by atoms with Gasteiger partial charge in [0.15, 0.2) is 0 Å². The van der Waals surface area contributed by atoms with Crippen LogP contribution >= 0.6 is 0 Å². The van der Waals surface area contributed by atoms with E-state index in [0.717, 1.165) is 44.1 Å². The predicted octanol–water partition coefficient (Wildman–Crippen LogP) is 2.39. The van der Waals surface area contributed by atoms with Gasteiger partial charge in [-0.1, -0.05) is 18.2 Å². The van der Waals surface area contributed by atoms with E-state index in [1.807, 2.05) is 12.1 Å². The number of aliphatic hydroxyl groups is 1. The molecular formula is C21H29N3O2. The van der Waals surface area contributed by atoms with Crippen LogP contribution in [0.2, 0.25) is 0 Å². The van der Waals surface area contributed by atoms with Crippen LogP contribution in [0.25, 0.3) is 10.9 Å².